The number of aromatic nitrogens is 2. The van der Waals surface area contributed by atoms with E-state index in [9.17, 15) is 14.4 Å². The van der Waals surface area contributed by atoms with Crippen LogP contribution >= 0.6 is 0 Å². The van der Waals surface area contributed by atoms with E-state index >= 15 is 0 Å². The quantitative estimate of drug-likeness (QED) is 0.761. The minimum absolute atomic E-state index is 0.0400. The predicted molar refractivity (Wildman–Crippen MR) is 111 cm³/mol. The molecule has 158 valence electrons. The Hall–Kier alpha value is -3.16. The summed E-state index contributed by atoms with van der Waals surface area (Å²) < 4.78 is 1.58. The Morgan fingerprint density at radius 2 is 1.93 bits per heavy atom. The molecule has 1 atom stereocenters. The van der Waals surface area contributed by atoms with Crippen LogP contribution in [-0.2, 0) is 23.2 Å². The number of aryl methyl sites for hydroxylation is 3. The molecule has 2 aromatic rings. The number of benzene rings is 1. The number of piperazine rings is 1. The van der Waals surface area contributed by atoms with Gasteiger partial charge in [-0.1, -0.05) is 29.8 Å². The van der Waals surface area contributed by atoms with Crippen molar-refractivity contribution in [2.24, 2.45) is 7.05 Å². The Balaban J connectivity index is 1.48. The molecule has 1 aromatic carbocycles. The summed E-state index contributed by atoms with van der Waals surface area (Å²) in [5.74, 6) is -0.214. The molecule has 0 bridgehead atoms. The first-order chi connectivity index (χ1) is 14.3. The van der Waals surface area contributed by atoms with Gasteiger partial charge in [-0.3, -0.25) is 19.1 Å². The zero-order valence-electron chi connectivity index (χ0n) is 17.7. The highest BCUT2D eigenvalue weighted by molar-refractivity contribution is 5.96. The van der Waals surface area contributed by atoms with Gasteiger partial charge in [0.25, 0.3) is 5.91 Å². The molecule has 0 aliphatic carbocycles. The molecule has 1 unspecified atom stereocenters. The number of carbonyl (C=O) groups is 3. The molecular formula is C22H27N5O3. The van der Waals surface area contributed by atoms with Crippen LogP contribution in [0.1, 0.15) is 33.7 Å². The van der Waals surface area contributed by atoms with Crippen molar-refractivity contribution in [2.45, 2.75) is 32.9 Å². The molecule has 0 N–H and O–H groups in total. The first-order valence-electron chi connectivity index (χ1n) is 10.3. The van der Waals surface area contributed by atoms with Crippen LogP contribution in [-0.4, -0.2) is 74.4 Å². The van der Waals surface area contributed by atoms with Crippen molar-refractivity contribution in [1.82, 2.24) is 24.5 Å². The van der Waals surface area contributed by atoms with E-state index < -0.39 is 6.04 Å². The maximum absolute atomic E-state index is 13.2. The summed E-state index contributed by atoms with van der Waals surface area (Å²) in [6.07, 6.45) is 0.442. The monoisotopic (exact) mass is 409 g/mol. The van der Waals surface area contributed by atoms with E-state index in [2.05, 4.69) is 5.10 Å². The maximum Gasteiger partial charge on any atom is 0.272 e. The molecule has 0 saturated carbocycles. The number of hydrogen-bond donors (Lipinski definition) is 0. The first-order valence-corrected chi connectivity index (χ1v) is 10.3. The van der Waals surface area contributed by atoms with Gasteiger partial charge in [0.1, 0.15) is 18.3 Å². The van der Waals surface area contributed by atoms with Crippen LogP contribution < -0.4 is 0 Å². The number of rotatable bonds is 3. The summed E-state index contributed by atoms with van der Waals surface area (Å²) in [6, 6.07) is 9.23. The van der Waals surface area contributed by atoms with Crippen LogP contribution in [0.2, 0.25) is 0 Å². The zero-order valence-corrected chi connectivity index (χ0v) is 17.7. The smallest absolute Gasteiger partial charge is 0.272 e. The second kappa shape index (κ2) is 7.93. The van der Waals surface area contributed by atoms with Gasteiger partial charge in [0.05, 0.1) is 5.69 Å². The van der Waals surface area contributed by atoms with Gasteiger partial charge in [-0.05, 0) is 31.9 Å². The van der Waals surface area contributed by atoms with Crippen molar-refractivity contribution in [2.75, 3.05) is 26.2 Å². The SMILES string of the molecule is Cc1cccc(CN2CC(=O)N3CCN(C(=O)c4cc(C)nn4C)CCC3C2=O)c1. The van der Waals surface area contributed by atoms with Gasteiger partial charge in [0.2, 0.25) is 11.8 Å². The highest BCUT2D eigenvalue weighted by atomic mass is 16.2. The van der Waals surface area contributed by atoms with Crippen molar-refractivity contribution >= 4 is 17.7 Å². The lowest BCUT2D eigenvalue weighted by Crippen LogP contribution is -2.59. The lowest BCUT2D eigenvalue weighted by Gasteiger charge is -2.39. The lowest BCUT2D eigenvalue weighted by molar-refractivity contribution is -0.156. The van der Waals surface area contributed by atoms with Crippen molar-refractivity contribution in [3.05, 3.63) is 52.8 Å². The molecule has 1 aromatic heterocycles. The number of amides is 3. The van der Waals surface area contributed by atoms with Crippen LogP contribution in [0.5, 0.6) is 0 Å². The Kier molecular flexibility index (Phi) is 5.32. The Bertz CT molecular complexity index is 998. The van der Waals surface area contributed by atoms with Gasteiger partial charge in [-0.2, -0.15) is 5.10 Å². The zero-order chi connectivity index (χ0) is 21.4. The van der Waals surface area contributed by atoms with Crippen LogP contribution in [0.4, 0.5) is 0 Å². The van der Waals surface area contributed by atoms with E-state index in [0.29, 0.717) is 38.3 Å². The van der Waals surface area contributed by atoms with Gasteiger partial charge >= 0.3 is 0 Å². The third-order valence-corrected chi connectivity index (χ3v) is 5.87. The standard InChI is InChI=1S/C22H27N5O3/c1-15-5-4-6-17(11-15)13-26-14-20(28)27-10-9-25(8-7-18(27)21(26)29)22(30)19-12-16(2)23-24(19)3/h4-6,11-12,18H,7-10,13-14H2,1-3H3. The fraction of sp³-hybridized carbons (Fsp3) is 0.455. The summed E-state index contributed by atoms with van der Waals surface area (Å²) in [5, 5.41) is 4.25. The van der Waals surface area contributed by atoms with Crippen molar-refractivity contribution in [3.8, 4) is 0 Å². The molecule has 8 heteroatoms. The maximum atomic E-state index is 13.2. The van der Waals surface area contributed by atoms with Crippen molar-refractivity contribution in [1.29, 1.82) is 0 Å². The molecule has 2 aliphatic rings. The third-order valence-electron chi connectivity index (χ3n) is 5.87. The molecule has 30 heavy (non-hydrogen) atoms. The molecule has 8 nitrogen and oxygen atoms in total. The summed E-state index contributed by atoms with van der Waals surface area (Å²) >= 11 is 0. The number of nitrogens with zero attached hydrogens (tertiary/aromatic N) is 5. The Labute approximate surface area is 176 Å². The molecule has 3 heterocycles. The normalized spacial score (nSPS) is 19.7. The fourth-order valence-corrected chi connectivity index (χ4v) is 4.37. The topological polar surface area (TPSA) is 78.8 Å². The van der Waals surface area contributed by atoms with Crippen molar-refractivity contribution in [3.63, 3.8) is 0 Å². The predicted octanol–water partition coefficient (Wildman–Crippen LogP) is 1.12. The highest BCUT2D eigenvalue weighted by Crippen LogP contribution is 2.22. The van der Waals surface area contributed by atoms with Gasteiger partial charge in [-0.25, -0.2) is 0 Å². The number of carbonyl (C=O) groups excluding carboxylic acids is 3. The largest absolute Gasteiger partial charge is 0.335 e. The first kappa shape index (κ1) is 20.1. The fourth-order valence-electron chi connectivity index (χ4n) is 4.37. The number of fused-ring (bicyclic) bond motifs is 1. The Morgan fingerprint density at radius 1 is 1.13 bits per heavy atom. The van der Waals surface area contributed by atoms with Crippen LogP contribution in [0.15, 0.2) is 30.3 Å². The minimum Gasteiger partial charge on any atom is -0.335 e. The van der Waals surface area contributed by atoms with E-state index in [-0.39, 0.29) is 24.3 Å². The average Bonchev–Trinajstić information content (AvgIpc) is 2.90. The van der Waals surface area contributed by atoms with E-state index in [1.165, 1.54) is 0 Å². The minimum atomic E-state index is -0.512. The lowest BCUT2D eigenvalue weighted by atomic mass is 10.1. The molecule has 0 radical (unpaired) electrons. The van der Waals surface area contributed by atoms with E-state index in [1.807, 2.05) is 38.1 Å². The average molecular weight is 409 g/mol. The van der Waals surface area contributed by atoms with E-state index in [4.69, 9.17) is 0 Å². The third kappa shape index (κ3) is 3.81. The molecule has 0 spiro atoms. The molecular weight excluding hydrogens is 382 g/mol. The van der Waals surface area contributed by atoms with Crippen LogP contribution in [0.3, 0.4) is 0 Å². The highest BCUT2D eigenvalue weighted by Gasteiger charge is 2.41. The molecule has 2 aliphatic heterocycles. The summed E-state index contributed by atoms with van der Waals surface area (Å²) in [4.78, 5) is 43.9. The van der Waals surface area contributed by atoms with Gasteiger partial charge in [0.15, 0.2) is 0 Å². The van der Waals surface area contributed by atoms with Gasteiger partial charge < -0.3 is 14.7 Å². The number of hydrogen-bond acceptors (Lipinski definition) is 4. The van der Waals surface area contributed by atoms with Crippen molar-refractivity contribution < 1.29 is 14.4 Å². The second-order valence-electron chi connectivity index (χ2n) is 8.16. The molecule has 2 saturated heterocycles. The van der Waals surface area contributed by atoms with Crippen LogP contribution in [0.25, 0.3) is 0 Å². The summed E-state index contributed by atoms with van der Waals surface area (Å²) in [5.41, 5.74) is 3.44. The second-order valence-corrected chi connectivity index (χ2v) is 8.16. The molecule has 3 amide bonds. The molecule has 4 rings (SSSR count). The van der Waals surface area contributed by atoms with Gasteiger partial charge in [-0.15, -0.1) is 0 Å². The van der Waals surface area contributed by atoms with E-state index in [0.717, 1.165) is 16.8 Å². The van der Waals surface area contributed by atoms with Crippen LogP contribution in [0, 0.1) is 13.8 Å². The van der Waals surface area contributed by atoms with E-state index in [1.54, 1.807) is 32.5 Å². The summed E-state index contributed by atoms with van der Waals surface area (Å²) in [7, 11) is 1.75. The Morgan fingerprint density at radius 3 is 2.63 bits per heavy atom. The summed E-state index contributed by atoms with van der Waals surface area (Å²) in [6.45, 7) is 5.58. The van der Waals surface area contributed by atoms with Gasteiger partial charge in [0, 0.05) is 33.2 Å². The molecule has 2 fully saturated rings.